The Morgan fingerprint density at radius 1 is 0.952 bits per heavy atom. The molecular formula is C29H26F3N3O6S. The van der Waals surface area contributed by atoms with Crippen LogP contribution < -0.4 is 19.7 Å². The lowest BCUT2D eigenvalue weighted by molar-refractivity contribution is -0.274. The minimum atomic E-state index is -4.84. The van der Waals surface area contributed by atoms with Gasteiger partial charge in [-0.05, 0) is 85.4 Å². The molecule has 2 amide bonds. The molecular weight excluding hydrogens is 575 g/mol. The van der Waals surface area contributed by atoms with E-state index in [4.69, 9.17) is 21.7 Å². The summed E-state index contributed by atoms with van der Waals surface area (Å²) in [6.45, 7) is 1.91. The number of carbonyl (C=O) groups excluding carboxylic acids is 3. The summed E-state index contributed by atoms with van der Waals surface area (Å²) in [4.78, 5) is 41.6. The summed E-state index contributed by atoms with van der Waals surface area (Å²) < 4.78 is 51.8. The lowest BCUT2D eigenvalue weighted by Gasteiger charge is -2.24. The molecule has 1 fully saturated rings. The summed E-state index contributed by atoms with van der Waals surface area (Å²) in [5.74, 6) is -1.26. The van der Waals surface area contributed by atoms with Gasteiger partial charge in [-0.15, -0.1) is 13.2 Å². The number of halogens is 3. The van der Waals surface area contributed by atoms with Crippen LogP contribution in [0.3, 0.4) is 0 Å². The standard InChI is InChI=1S/C29H26F3N3O6S/c1-3-40-27(38)19-6-10-21(11-7-19)35-26(37)24(16-25(36)33-20-8-14-22(39-2)15-9-20)34(28(35)42)17-18-4-12-23(13-5-18)41-29(30,31)32/h4-15,24H,3,16-17H2,1-2H3,(H,33,36)/t24-/m0/s1. The van der Waals surface area contributed by atoms with Crippen LogP contribution in [-0.2, 0) is 20.9 Å². The number of nitrogens with one attached hydrogen (secondary N) is 1. The molecule has 42 heavy (non-hydrogen) atoms. The SMILES string of the molecule is CCOC(=O)c1ccc(N2C(=O)[C@H](CC(=O)Nc3ccc(OC)cc3)N(Cc3ccc(OC(F)(F)F)cc3)C2=S)cc1. The van der Waals surface area contributed by atoms with Crippen molar-refractivity contribution in [3.63, 3.8) is 0 Å². The van der Waals surface area contributed by atoms with E-state index in [2.05, 4.69) is 10.1 Å². The fourth-order valence-electron chi connectivity index (χ4n) is 4.27. The van der Waals surface area contributed by atoms with Crippen molar-refractivity contribution in [2.45, 2.75) is 32.3 Å². The maximum absolute atomic E-state index is 13.7. The molecule has 0 aromatic heterocycles. The Balaban J connectivity index is 1.58. The van der Waals surface area contributed by atoms with E-state index in [0.29, 0.717) is 22.7 Å². The molecule has 0 saturated carbocycles. The Kier molecular flexibility index (Phi) is 9.31. The molecule has 1 heterocycles. The highest BCUT2D eigenvalue weighted by atomic mass is 32.1. The van der Waals surface area contributed by atoms with Crippen molar-refractivity contribution in [2.75, 3.05) is 23.9 Å². The number of amides is 2. The number of benzene rings is 3. The second kappa shape index (κ2) is 12.9. The molecule has 1 saturated heterocycles. The van der Waals surface area contributed by atoms with Crippen LogP contribution in [0.15, 0.2) is 72.8 Å². The van der Waals surface area contributed by atoms with E-state index in [0.717, 1.165) is 12.1 Å². The third-order valence-electron chi connectivity index (χ3n) is 6.22. The number of methoxy groups -OCH3 is 1. The summed E-state index contributed by atoms with van der Waals surface area (Å²) in [6, 6.07) is 16.8. The van der Waals surface area contributed by atoms with Crippen molar-refractivity contribution < 1.29 is 41.8 Å². The van der Waals surface area contributed by atoms with Gasteiger partial charge in [0.2, 0.25) is 5.91 Å². The minimum Gasteiger partial charge on any atom is -0.497 e. The molecule has 9 nitrogen and oxygen atoms in total. The topological polar surface area (TPSA) is 97.4 Å². The number of nitrogens with zero attached hydrogens (tertiary/aromatic N) is 2. The van der Waals surface area contributed by atoms with E-state index in [1.165, 1.54) is 53.3 Å². The molecule has 0 unspecified atom stereocenters. The Hall–Kier alpha value is -4.65. The smallest absolute Gasteiger partial charge is 0.497 e. The maximum Gasteiger partial charge on any atom is 0.573 e. The Bertz CT molecular complexity index is 1450. The van der Waals surface area contributed by atoms with Crippen LogP contribution in [0.2, 0.25) is 0 Å². The van der Waals surface area contributed by atoms with E-state index in [-0.39, 0.29) is 30.2 Å². The van der Waals surface area contributed by atoms with Crippen molar-refractivity contribution in [1.82, 2.24) is 4.90 Å². The highest BCUT2D eigenvalue weighted by Crippen LogP contribution is 2.30. The van der Waals surface area contributed by atoms with Gasteiger partial charge >= 0.3 is 12.3 Å². The highest BCUT2D eigenvalue weighted by molar-refractivity contribution is 7.80. The highest BCUT2D eigenvalue weighted by Gasteiger charge is 2.44. The average Bonchev–Trinajstić information content (AvgIpc) is 3.17. The Morgan fingerprint density at radius 2 is 1.57 bits per heavy atom. The van der Waals surface area contributed by atoms with Gasteiger partial charge in [-0.1, -0.05) is 12.1 Å². The van der Waals surface area contributed by atoms with E-state index in [1.807, 2.05) is 0 Å². The molecule has 0 bridgehead atoms. The quantitative estimate of drug-likeness (QED) is 0.247. The van der Waals surface area contributed by atoms with Crippen LogP contribution in [0.25, 0.3) is 0 Å². The fraction of sp³-hybridized carbons (Fsp3) is 0.241. The number of thiocarbonyl (C=S) groups is 1. The molecule has 0 radical (unpaired) electrons. The van der Waals surface area contributed by atoms with Crippen molar-refractivity contribution in [3.05, 3.63) is 83.9 Å². The predicted octanol–water partition coefficient (Wildman–Crippen LogP) is 5.30. The number of ether oxygens (including phenoxy) is 3. The normalized spacial score (nSPS) is 15.0. The van der Waals surface area contributed by atoms with Crippen molar-refractivity contribution >= 4 is 46.5 Å². The van der Waals surface area contributed by atoms with E-state index < -0.39 is 35.9 Å². The zero-order valence-electron chi connectivity index (χ0n) is 22.5. The third kappa shape index (κ3) is 7.35. The summed E-state index contributed by atoms with van der Waals surface area (Å²) >= 11 is 5.65. The first kappa shape index (κ1) is 30.3. The third-order valence-corrected chi connectivity index (χ3v) is 6.63. The van der Waals surface area contributed by atoms with Crippen LogP contribution in [0.4, 0.5) is 24.5 Å². The number of hydrogen-bond donors (Lipinski definition) is 1. The first-order valence-electron chi connectivity index (χ1n) is 12.7. The Morgan fingerprint density at radius 3 is 2.14 bits per heavy atom. The summed E-state index contributed by atoms with van der Waals surface area (Å²) in [7, 11) is 1.52. The van der Waals surface area contributed by atoms with Gasteiger partial charge in [-0.2, -0.15) is 0 Å². The first-order chi connectivity index (χ1) is 20.0. The molecule has 13 heteroatoms. The molecule has 1 N–H and O–H groups in total. The van der Waals surface area contributed by atoms with Gasteiger partial charge in [0.25, 0.3) is 5.91 Å². The zero-order valence-corrected chi connectivity index (χ0v) is 23.3. The van der Waals surface area contributed by atoms with Gasteiger partial charge in [-0.3, -0.25) is 14.5 Å². The lowest BCUT2D eigenvalue weighted by Crippen LogP contribution is -2.37. The van der Waals surface area contributed by atoms with Crippen molar-refractivity contribution in [1.29, 1.82) is 0 Å². The van der Waals surface area contributed by atoms with Crippen LogP contribution in [-0.4, -0.2) is 53.9 Å². The summed E-state index contributed by atoms with van der Waals surface area (Å²) in [5.41, 5.74) is 1.67. The van der Waals surface area contributed by atoms with E-state index in [1.54, 1.807) is 31.2 Å². The van der Waals surface area contributed by atoms with Gasteiger partial charge in [0.05, 0.1) is 31.4 Å². The molecule has 1 aliphatic heterocycles. The second-order valence-corrected chi connectivity index (χ2v) is 9.40. The Labute approximate surface area is 244 Å². The average molecular weight is 602 g/mol. The van der Waals surface area contributed by atoms with Gasteiger partial charge in [0.1, 0.15) is 17.5 Å². The number of alkyl halides is 3. The van der Waals surface area contributed by atoms with E-state index >= 15 is 0 Å². The van der Waals surface area contributed by atoms with Gasteiger partial charge in [-0.25, -0.2) is 4.79 Å². The summed E-state index contributed by atoms with van der Waals surface area (Å²) in [5, 5.41) is 2.83. The first-order valence-corrected chi connectivity index (χ1v) is 13.1. The van der Waals surface area contributed by atoms with Crippen LogP contribution in [0.1, 0.15) is 29.3 Å². The number of anilines is 2. The van der Waals surface area contributed by atoms with Crippen LogP contribution in [0.5, 0.6) is 11.5 Å². The predicted molar refractivity (Wildman–Crippen MR) is 151 cm³/mol. The molecule has 1 atom stereocenters. The molecule has 220 valence electrons. The van der Waals surface area contributed by atoms with Crippen molar-refractivity contribution in [3.8, 4) is 11.5 Å². The molecule has 1 aliphatic rings. The monoisotopic (exact) mass is 601 g/mol. The van der Waals surface area contributed by atoms with Crippen LogP contribution in [0, 0.1) is 0 Å². The fourth-order valence-corrected chi connectivity index (χ4v) is 4.65. The maximum atomic E-state index is 13.7. The molecule has 3 aromatic rings. The second-order valence-electron chi connectivity index (χ2n) is 9.04. The molecule has 3 aromatic carbocycles. The largest absolute Gasteiger partial charge is 0.573 e. The van der Waals surface area contributed by atoms with Crippen molar-refractivity contribution in [2.24, 2.45) is 0 Å². The molecule has 0 aliphatic carbocycles. The number of hydrogen-bond acceptors (Lipinski definition) is 7. The molecule has 0 spiro atoms. The van der Waals surface area contributed by atoms with Gasteiger partial charge in [0, 0.05) is 12.2 Å². The summed E-state index contributed by atoms with van der Waals surface area (Å²) in [6.07, 6.45) is -5.10. The minimum absolute atomic E-state index is 0.0226. The van der Waals surface area contributed by atoms with E-state index in [9.17, 15) is 27.6 Å². The van der Waals surface area contributed by atoms with Gasteiger partial charge < -0.3 is 24.4 Å². The lowest BCUT2D eigenvalue weighted by atomic mass is 10.1. The van der Waals surface area contributed by atoms with Crippen LogP contribution >= 0.6 is 12.2 Å². The number of esters is 1. The molecule has 4 rings (SSSR count). The number of carbonyl (C=O) groups is 3. The zero-order chi connectivity index (χ0) is 30.4. The van der Waals surface area contributed by atoms with Gasteiger partial charge in [0.15, 0.2) is 5.11 Å². The number of rotatable bonds is 10.